The fourth-order valence-electron chi connectivity index (χ4n) is 1.44. The van der Waals surface area contributed by atoms with Crippen molar-refractivity contribution < 1.29 is 9.53 Å². The van der Waals surface area contributed by atoms with Gasteiger partial charge in [0, 0.05) is 12.1 Å². The van der Waals surface area contributed by atoms with Gasteiger partial charge in [-0.1, -0.05) is 12.1 Å². The second kappa shape index (κ2) is 6.16. The van der Waals surface area contributed by atoms with E-state index < -0.39 is 0 Å². The van der Waals surface area contributed by atoms with Gasteiger partial charge in [-0.25, -0.2) is 0 Å². The van der Waals surface area contributed by atoms with Crippen molar-refractivity contribution in [3.05, 3.63) is 29.8 Å². The molecule has 16 heavy (non-hydrogen) atoms. The van der Waals surface area contributed by atoms with Gasteiger partial charge >= 0.3 is 5.97 Å². The largest absolute Gasteiger partial charge is 0.463 e. The Morgan fingerprint density at radius 1 is 1.31 bits per heavy atom. The van der Waals surface area contributed by atoms with Gasteiger partial charge in [0.25, 0.3) is 0 Å². The highest BCUT2D eigenvalue weighted by molar-refractivity contribution is 5.69. The molecule has 0 aliphatic rings. The van der Waals surface area contributed by atoms with Gasteiger partial charge in [0.15, 0.2) is 0 Å². The van der Waals surface area contributed by atoms with Crippen molar-refractivity contribution in [2.45, 2.75) is 39.2 Å². The van der Waals surface area contributed by atoms with E-state index in [4.69, 9.17) is 10.5 Å². The lowest BCUT2D eigenvalue weighted by atomic mass is 10.1. The number of carbonyl (C=O) groups excluding carboxylic acids is 1. The lowest BCUT2D eigenvalue weighted by molar-refractivity contribution is -0.147. The molecule has 1 aromatic rings. The molecule has 1 aromatic carbocycles. The molecular weight excluding hydrogens is 202 g/mol. The van der Waals surface area contributed by atoms with E-state index in [0.717, 1.165) is 18.5 Å². The van der Waals surface area contributed by atoms with Crippen LogP contribution in [0.4, 0.5) is 5.69 Å². The first kappa shape index (κ1) is 12.6. The van der Waals surface area contributed by atoms with Crippen LogP contribution in [-0.2, 0) is 16.0 Å². The highest BCUT2D eigenvalue weighted by atomic mass is 16.5. The summed E-state index contributed by atoms with van der Waals surface area (Å²) in [7, 11) is 0. The molecule has 88 valence electrons. The number of carbonyl (C=O) groups is 1. The van der Waals surface area contributed by atoms with Crippen LogP contribution in [0.25, 0.3) is 0 Å². The van der Waals surface area contributed by atoms with Crippen molar-refractivity contribution in [3.63, 3.8) is 0 Å². The fraction of sp³-hybridized carbons (Fsp3) is 0.462. The van der Waals surface area contributed by atoms with Crippen LogP contribution in [-0.4, -0.2) is 12.1 Å². The lowest BCUT2D eigenvalue weighted by Gasteiger charge is -2.07. The molecule has 0 unspecified atom stereocenters. The molecule has 0 fully saturated rings. The van der Waals surface area contributed by atoms with Crippen LogP contribution >= 0.6 is 0 Å². The highest BCUT2D eigenvalue weighted by Crippen LogP contribution is 2.09. The molecule has 2 N–H and O–H groups in total. The number of anilines is 1. The Morgan fingerprint density at radius 2 is 1.94 bits per heavy atom. The van der Waals surface area contributed by atoms with Crippen molar-refractivity contribution in [2.75, 3.05) is 5.73 Å². The van der Waals surface area contributed by atoms with E-state index in [9.17, 15) is 4.79 Å². The summed E-state index contributed by atoms with van der Waals surface area (Å²) in [4.78, 5) is 11.3. The first-order valence-electron chi connectivity index (χ1n) is 5.62. The molecule has 0 spiro atoms. The van der Waals surface area contributed by atoms with Gasteiger partial charge in [0.05, 0.1) is 6.10 Å². The quantitative estimate of drug-likeness (QED) is 0.614. The maximum Gasteiger partial charge on any atom is 0.306 e. The zero-order chi connectivity index (χ0) is 12.0. The van der Waals surface area contributed by atoms with Crippen molar-refractivity contribution >= 4 is 11.7 Å². The zero-order valence-corrected chi connectivity index (χ0v) is 9.90. The molecule has 0 radical (unpaired) electrons. The number of aryl methyl sites for hydroxylation is 1. The molecule has 0 atom stereocenters. The van der Waals surface area contributed by atoms with Crippen LogP contribution in [0.1, 0.15) is 32.3 Å². The summed E-state index contributed by atoms with van der Waals surface area (Å²) in [6.07, 6.45) is 2.15. The summed E-state index contributed by atoms with van der Waals surface area (Å²) < 4.78 is 5.05. The Balaban J connectivity index is 2.25. The molecule has 0 amide bonds. The second-order valence-electron chi connectivity index (χ2n) is 4.13. The fourth-order valence-corrected chi connectivity index (χ4v) is 1.44. The van der Waals surface area contributed by atoms with Crippen molar-refractivity contribution in [1.82, 2.24) is 0 Å². The van der Waals surface area contributed by atoms with Crippen LogP contribution in [0, 0.1) is 0 Å². The van der Waals surface area contributed by atoms with E-state index in [2.05, 4.69) is 0 Å². The number of ether oxygens (including phenoxy) is 1. The molecule has 0 aliphatic carbocycles. The number of benzene rings is 1. The summed E-state index contributed by atoms with van der Waals surface area (Å²) in [6, 6.07) is 7.73. The minimum Gasteiger partial charge on any atom is -0.463 e. The Labute approximate surface area is 96.6 Å². The maximum atomic E-state index is 11.3. The molecule has 3 nitrogen and oxygen atoms in total. The number of nitrogen functional groups attached to an aromatic ring is 1. The van der Waals surface area contributed by atoms with Crippen molar-refractivity contribution in [1.29, 1.82) is 0 Å². The number of rotatable bonds is 5. The second-order valence-corrected chi connectivity index (χ2v) is 4.13. The van der Waals surface area contributed by atoms with E-state index in [-0.39, 0.29) is 12.1 Å². The molecule has 0 saturated heterocycles. The smallest absolute Gasteiger partial charge is 0.306 e. The molecule has 0 heterocycles. The van der Waals surface area contributed by atoms with E-state index in [1.807, 2.05) is 38.1 Å². The Hall–Kier alpha value is -1.51. The molecule has 3 heteroatoms. The van der Waals surface area contributed by atoms with E-state index in [1.165, 1.54) is 5.56 Å². The average Bonchev–Trinajstić information content (AvgIpc) is 2.20. The predicted molar refractivity (Wildman–Crippen MR) is 65.0 cm³/mol. The van der Waals surface area contributed by atoms with Gasteiger partial charge in [0.2, 0.25) is 0 Å². The summed E-state index contributed by atoms with van der Waals surface area (Å²) in [5.74, 6) is -0.120. The summed E-state index contributed by atoms with van der Waals surface area (Å²) in [5, 5.41) is 0. The third kappa shape index (κ3) is 4.82. The van der Waals surface area contributed by atoms with Crippen LogP contribution < -0.4 is 5.73 Å². The monoisotopic (exact) mass is 221 g/mol. The van der Waals surface area contributed by atoms with Crippen LogP contribution in [0.2, 0.25) is 0 Å². The summed E-state index contributed by atoms with van der Waals surface area (Å²) in [5.41, 5.74) is 7.55. The normalized spacial score (nSPS) is 10.4. The highest BCUT2D eigenvalue weighted by Gasteiger charge is 2.04. The third-order valence-electron chi connectivity index (χ3n) is 2.19. The van der Waals surface area contributed by atoms with Gasteiger partial charge in [-0.05, 0) is 44.4 Å². The van der Waals surface area contributed by atoms with E-state index in [1.54, 1.807) is 0 Å². The molecular formula is C13H19NO2. The van der Waals surface area contributed by atoms with Crippen LogP contribution in [0.3, 0.4) is 0 Å². The van der Waals surface area contributed by atoms with Crippen molar-refractivity contribution in [2.24, 2.45) is 0 Å². The van der Waals surface area contributed by atoms with Gasteiger partial charge in [-0.2, -0.15) is 0 Å². The van der Waals surface area contributed by atoms with Gasteiger partial charge < -0.3 is 10.5 Å². The molecule has 1 rings (SSSR count). The molecule has 0 bridgehead atoms. The number of esters is 1. The van der Waals surface area contributed by atoms with Crippen LogP contribution in [0.5, 0.6) is 0 Å². The zero-order valence-electron chi connectivity index (χ0n) is 9.90. The van der Waals surface area contributed by atoms with Gasteiger partial charge in [0.1, 0.15) is 0 Å². The van der Waals surface area contributed by atoms with Gasteiger partial charge in [-0.3, -0.25) is 4.79 Å². The molecule has 0 aromatic heterocycles. The minimum absolute atomic E-state index is 0.0241. The van der Waals surface area contributed by atoms with E-state index in [0.29, 0.717) is 6.42 Å². The third-order valence-corrected chi connectivity index (χ3v) is 2.19. The number of hydrogen-bond acceptors (Lipinski definition) is 3. The maximum absolute atomic E-state index is 11.3. The topological polar surface area (TPSA) is 52.3 Å². The Bertz CT molecular complexity index is 330. The first-order valence-corrected chi connectivity index (χ1v) is 5.62. The Morgan fingerprint density at radius 3 is 2.50 bits per heavy atom. The Kier molecular flexibility index (Phi) is 4.83. The summed E-state index contributed by atoms with van der Waals surface area (Å²) in [6.45, 7) is 3.72. The number of hydrogen-bond donors (Lipinski definition) is 1. The van der Waals surface area contributed by atoms with Gasteiger partial charge in [-0.15, -0.1) is 0 Å². The number of nitrogens with two attached hydrogens (primary N) is 1. The minimum atomic E-state index is -0.120. The first-order chi connectivity index (χ1) is 7.58. The average molecular weight is 221 g/mol. The van der Waals surface area contributed by atoms with Crippen LogP contribution in [0.15, 0.2) is 24.3 Å². The van der Waals surface area contributed by atoms with E-state index >= 15 is 0 Å². The SMILES string of the molecule is CC(C)OC(=O)CCCc1ccc(N)cc1. The standard InChI is InChI=1S/C13H19NO2/c1-10(2)16-13(15)5-3-4-11-6-8-12(14)9-7-11/h6-10H,3-5,14H2,1-2H3. The molecule has 0 aliphatic heterocycles. The predicted octanol–water partition coefficient (Wildman–Crippen LogP) is 2.54. The lowest BCUT2D eigenvalue weighted by Crippen LogP contribution is -2.11. The molecule has 0 saturated carbocycles. The van der Waals surface area contributed by atoms with Crippen molar-refractivity contribution in [3.8, 4) is 0 Å². The summed E-state index contributed by atoms with van der Waals surface area (Å²) >= 11 is 0.